The molecule has 29 heavy (non-hydrogen) atoms. The summed E-state index contributed by atoms with van der Waals surface area (Å²) in [6.07, 6.45) is 8.67. The molecule has 2 atom stereocenters. The number of amides is 2. The molecule has 2 aliphatic rings. The molecule has 0 radical (unpaired) electrons. The van der Waals surface area contributed by atoms with E-state index in [0.29, 0.717) is 6.42 Å². The fourth-order valence-corrected chi connectivity index (χ4v) is 4.30. The van der Waals surface area contributed by atoms with E-state index in [-0.39, 0.29) is 48.0 Å². The van der Waals surface area contributed by atoms with Crippen LogP contribution in [0.3, 0.4) is 0 Å². The number of carbonyl (C=O) groups excluding carboxylic acids is 2. The van der Waals surface area contributed by atoms with Crippen LogP contribution in [0.4, 0.5) is 0 Å². The number of nitrogens with two attached hydrogens (primary N) is 1. The van der Waals surface area contributed by atoms with Crippen LogP contribution < -0.4 is 5.73 Å². The SMILES string of the molecule is CC[C@H](C)[C@H](N)C(=O)N1CCC2(CCC(=O)N(CCc3cnc[nH]3)C2)CC1.Cl.Cl. The van der Waals surface area contributed by atoms with Crippen molar-refractivity contribution in [3.05, 3.63) is 18.2 Å². The van der Waals surface area contributed by atoms with Gasteiger partial charge in [0, 0.05) is 50.9 Å². The first-order valence-electron chi connectivity index (χ1n) is 10.2. The van der Waals surface area contributed by atoms with Crippen molar-refractivity contribution in [2.75, 3.05) is 26.2 Å². The normalized spacial score (nSPS) is 20.6. The van der Waals surface area contributed by atoms with Gasteiger partial charge in [-0.2, -0.15) is 0 Å². The van der Waals surface area contributed by atoms with Crippen molar-refractivity contribution in [1.82, 2.24) is 19.8 Å². The third kappa shape index (κ3) is 6.09. The van der Waals surface area contributed by atoms with Gasteiger partial charge in [-0.05, 0) is 30.6 Å². The molecule has 0 aromatic carbocycles. The van der Waals surface area contributed by atoms with Crippen molar-refractivity contribution in [3.8, 4) is 0 Å². The van der Waals surface area contributed by atoms with Gasteiger partial charge in [0.2, 0.25) is 11.8 Å². The topological polar surface area (TPSA) is 95.3 Å². The Hall–Kier alpha value is -1.31. The van der Waals surface area contributed by atoms with Crippen LogP contribution in [0.2, 0.25) is 0 Å². The Morgan fingerprint density at radius 3 is 2.59 bits per heavy atom. The molecule has 3 N–H and O–H groups in total. The molecular formula is C20H35Cl2N5O2. The maximum Gasteiger partial charge on any atom is 0.239 e. The van der Waals surface area contributed by atoms with E-state index in [1.807, 2.05) is 22.9 Å². The first-order valence-corrected chi connectivity index (χ1v) is 10.2. The molecule has 2 saturated heterocycles. The van der Waals surface area contributed by atoms with E-state index in [0.717, 1.165) is 64.0 Å². The Balaban J connectivity index is 0.00000210. The van der Waals surface area contributed by atoms with E-state index in [9.17, 15) is 9.59 Å². The molecule has 9 heteroatoms. The summed E-state index contributed by atoms with van der Waals surface area (Å²) in [5.74, 6) is 0.540. The quantitative estimate of drug-likeness (QED) is 0.699. The number of nitrogens with one attached hydrogen (secondary N) is 1. The Morgan fingerprint density at radius 2 is 2.00 bits per heavy atom. The van der Waals surface area contributed by atoms with Crippen molar-refractivity contribution < 1.29 is 9.59 Å². The van der Waals surface area contributed by atoms with Gasteiger partial charge in [-0.3, -0.25) is 9.59 Å². The van der Waals surface area contributed by atoms with Crippen LogP contribution in [0.15, 0.2) is 12.5 Å². The molecule has 0 bridgehead atoms. The largest absolute Gasteiger partial charge is 0.348 e. The number of halogens is 2. The number of rotatable bonds is 6. The van der Waals surface area contributed by atoms with Gasteiger partial charge in [0.25, 0.3) is 0 Å². The lowest BCUT2D eigenvalue weighted by molar-refractivity contribution is -0.143. The molecular weight excluding hydrogens is 413 g/mol. The molecule has 7 nitrogen and oxygen atoms in total. The standard InChI is InChI=1S/C20H33N5O2.2ClH/c1-3-15(2)18(21)19(27)24-10-7-20(8-11-24)6-4-17(26)25(13-20)9-5-16-12-22-14-23-16;;/h12,14-15,18H,3-11,13,21H2,1-2H3,(H,22,23);2*1H/t15-,18-;;/m0../s1. The summed E-state index contributed by atoms with van der Waals surface area (Å²) in [6, 6.07) is -0.400. The number of hydrogen-bond acceptors (Lipinski definition) is 4. The van der Waals surface area contributed by atoms with E-state index >= 15 is 0 Å². The molecule has 1 aromatic heterocycles. The third-order valence-corrected chi connectivity index (χ3v) is 6.63. The summed E-state index contributed by atoms with van der Waals surface area (Å²) in [5.41, 5.74) is 7.36. The average molecular weight is 448 g/mol. The second-order valence-electron chi connectivity index (χ2n) is 8.38. The first kappa shape index (κ1) is 25.7. The van der Waals surface area contributed by atoms with Crippen molar-refractivity contribution in [2.45, 2.75) is 58.4 Å². The number of aromatic nitrogens is 2. The number of likely N-dealkylation sites (tertiary alicyclic amines) is 2. The Bertz CT molecular complexity index is 647. The minimum Gasteiger partial charge on any atom is -0.348 e. The van der Waals surface area contributed by atoms with Crippen LogP contribution in [0.25, 0.3) is 0 Å². The van der Waals surface area contributed by atoms with Gasteiger partial charge in [-0.1, -0.05) is 20.3 Å². The van der Waals surface area contributed by atoms with Crippen LogP contribution in [0, 0.1) is 11.3 Å². The fraction of sp³-hybridized carbons (Fsp3) is 0.750. The monoisotopic (exact) mass is 447 g/mol. The van der Waals surface area contributed by atoms with Crippen LogP contribution >= 0.6 is 24.8 Å². The van der Waals surface area contributed by atoms with E-state index in [2.05, 4.69) is 16.9 Å². The van der Waals surface area contributed by atoms with Gasteiger partial charge in [0.05, 0.1) is 12.4 Å². The lowest BCUT2D eigenvalue weighted by atomic mass is 9.72. The number of carbonyl (C=O) groups is 2. The number of hydrogen-bond donors (Lipinski definition) is 2. The van der Waals surface area contributed by atoms with E-state index in [1.54, 1.807) is 6.33 Å². The minimum atomic E-state index is -0.400. The Labute approximate surface area is 186 Å². The number of H-pyrrole nitrogens is 1. The molecule has 0 unspecified atom stereocenters. The minimum absolute atomic E-state index is 0. The zero-order chi connectivity index (χ0) is 19.4. The van der Waals surface area contributed by atoms with Crippen molar-refractivity contribution in [2.24, 2.45) is 17.1 Å². The van der Waals surface area contributed by atoms with Gasteiger partial charge < -0.3 is 20.5 Å². The molecule has 2 fully saturated rings. The van der Waals surface area contributed by atoms with Gasteiger partial charge in [-0.25, -0.2) is 4.98 Å². The fourth-order valence-electron chi connectivity index (χ4n) is 4.30. The Morgan fingerprint density at radius 1 is 1.31 bits per heavy atom. The third-order valence-electron chi connectivity index (χ3n) is 6.63. The summed E-state index contributed by atoms with van der Waals surface area (Å²) in [4.78, 5) is 36.1. The lowest BCUT2D eigenvalue weighted by Crippen LogP contribution is -2.55. The van der Waals surface area contributed by atoms with Gasteiger partial charge in [0.15, 0.2) is 0 Å². The van der Waals surface area contributed by atoms with Gasteiger partial charge in [0.1, 0.15) is 0 Å². The van der Waals surface area contributed by atoms with Crippen LogP contribution in [-0.4, -0.2) is 63.8 Å². The average Bonchev–Trinajstić information content (AvgIpc) is 3.21. The number of aromatic amines is 1. The summed E-state index contributed by atoms with van der Waals surface area (Å²) >= 11 is 0. The van der Waals surface area contributed by atoms with E-state index in [4.69, 9.17) is 5.73 Å². The predicted molar refractivity (Wildman–Crippen MR) is 118 cm³/mol. The number of imidazole rings is 1. The second kappa shape index (κ2) is 11.2. The second-order valence-corrected chi connectivity index (χ2v) is 8.38. The van der Waals surface area contributed by atoms with Crippen LogP contribution in [0.1, 0.15) is 51.6 Å². The van der Waals surface area contributed by atoms with E-state index in [1.165, 1.54) is 0 Å². The molecule has 2 amide bonds. The summed E-state index contributed by atoms with van der Waals surface area (Å²) < 4.78 is 0. The maximum absolute atomic E-state index is 12.6. The molecule has 3 heterocycles. The highest BCUT2D eigenvalue weighted by atomic mass is 35.5. The molecule has 2 aliphatic heterocycles. The summed E-state index contributed by atoms with van der Waals surface area (Å²) in [6.45, 7) is 7.15. The molecule has 0 aliphatic carbocycles. The zero-order valence-electron chi connectivity index (χ0n) is 17.4. The van der Waals surface area contributed by atoms with Crippen molar-refractivity contribution in [3.63, 3.8) is 0 Å². The van der Waals surface area contributed by atoms with Gasteiger partial charge >= 0.3 is 0 Å². The predicted octanol–water partition coefficient (Wildman–Crippen LogP) is 2.40. The molecule has 1 spiro atoms. The highest BCUT2D eigenvalue weighted by molar-refractivity contribution is 5.85. The van der Waals surface area contributed by atoms with E-state index < -0.39 is 6.04 Å². The van der Waals surface area contributed by atoms with Crippen LogP contribution in [-0.2, 0) is 16.0 Å². The number of piperidine rings is 2. The Kier molecular flexibility index (Phi) is 9.92. The molecule has 166 valence electrons. The van der Waals surface area contributed by atoms with Crippen molar-refractivity contribution in [1.29, 1.82) is 0 Å². The molecule has 0 saturated carbocycles. The van der Waals surface area contributed by atoms with Crippen LogP contribution in [0.5, 0.6) is 0 Å². The lowest BCUT2D eigenvalue weighted by Gasteiger charge is -2.48. The van der Waals surface area contributed by atoms with Crippen molar-refractivity contribution >= 4 is 36.6 Å². The smallest absolute Gasteiger partial charge is 0.239 e. The highest BCUT2D eigenvalue weighted by Crippen LogP contribution is 2.40. The highest BCUT2D eigenvalue weighted by Gasteiger charge is 2.42. The maximum atomic E-state index is 12.6. The first-order chi connectivity index (χ1) is 12.9. The molecule has 1 aromatic rings. The van der Waals surface area contributed by atoms with Gasteiger partial charge in [-0.15, -0.1) is 24.8 Å². The molecule has 3 rings (SSSR count). The summed E-state index contributed by atoms with van der Waals surface area (Å²) in [5, 5.41) is 0. The zero-order valence-corrected chi connectivity index (χ0v) is 19.1. The summed E-state index contributed by atoms with van der Waals surface area (Å²) in [7, 11) is 0. The number of nitrogens with zero attached hydrogens (tertiary/aromatic N) is 3.